The van der Waals surface area contributed by atoms with Gasteiger partial charge in [-0.05, 0) is 6.42 Å². The van der Waals surface area contributed by atoms with Crippen LogP contribution in [0.3, 0.4) is 0 Å². The third kappa shape index (κ3) is 2.55. The van der Waals surface area contributed by atoms with Gasteiger partial charge in [-0.25, -0.2) is 4.79 Å². The molecule has 1 aliphatic rings. The minimum Gasteiger partial charge on any atom is -0.340 e. The van der Waals surface area contributed by atoms with E-state index < -0.39 is 0 Å². The maximum atomic E-state index is 12.0. The van der Waals surface area contributed by atoms with Crippen LogP contribution in [0, 0.1) is 6.92 Å². The van der Waals surface area contributed by atoms with Crippen LogP contribution < -0.4 is 5.32 Å². The normalized spacial score (nSPS) is 18.8. The van der Waals surface area contributed by atoms with E-state index in [1.165, 1.54) is 6.20 Å². The molecule has 1 unspecified atom stereocenters. The number of hydrogen-bond donors (Lipinski definition) is 1. The number of aryl methyl sites for hydroxylation is 1. The first kappa shape index (κ1) is 12.0. The zero-order valence-corrected chi connectivity index (χ0v) is 11.1. The number of nitrogens with one attached hydrogen (secondary N) is 1. The highest BCUT2D eigenvalue weighted by atomic mass is 32.1. The number of nitrogens with zero attached hydrogens (tertiary/aromatic N) is 5. The van der Waals surface area contributed by atoms with Gasteiger partial charge in [0.1, 0.15) is 0 Å². The van der Waals surface area contributed by atoms with Gasteiger partial charge in [0.15, 0.2) is 11.6 Å². The van der Waals surface area contributed by atoms with Crippen molar-refractivity contribution in [2.24, 2.45) is 0 Å². The molecule has 1 atom stereocenters. The highest BCUT2D eigenvalue weighted by Gasteiger charge is 2.30. The molecule has 9 heteroatoms. The molecule has 8 nitrogen and oxygen atoms in total. The molecular formula is C10H12N6O2S. The molecule has 1 aliphatic heterocycles. The van der Waals surface area contributed by atoms with E-state index in [9.17, 15) is 4.79 Å². The summed E-state index contributed by atoms with van der Waals surface area (Å²) in [5.41, 5.74) is 0. The molecule has 0 bridgehead atoms. The molecule has 2 amide bonds. The fourth-order valence-electron chi connectivity index (χ4n) is 2.04. The first-order valence-electron chi connectivity index (χ1n) is 5.86. The number of carbonyl (C=O) groups excluding carboxylic acids is 1. The number of hydrogen-bond acceptors (Lipinski definition) is 7. The summed E-state index contributed by atoms with van der Waals surface area (Å²) in [5.74, 6) is 1.83. The fourth-order valence-corrected chi connectivity index (χ4v) is 2.42. The number of aromatic nitrogens is 4. The maximum absolute atomic E-state index is 12.0. The maximum Gasteiger partial charge on any atom is 0.323 e. The average molecular weight is 280 g/mol. The van der Waals surface area contributed by atoms with E-state index in [4.69, 9.17) is 4.52 Å². The Balaban J connectivity index is 1.61. The van der Waals surface area contributed by atoms with Crippen molar-refractivity contribution in [3.63, 3.8) is 0 Å². The van der Waals surface area contributed by atoms with E-state index in [0.717, 1.165) is 18.1 Å². The lowest BCUT2D eigenvalue weighted by molar-refractivity contribution is 0.221. The van der Waals surface area contributed by atoms with Crippen LogP contribution in [0.5, 0.6) is 0 Å². The molecule has 1 N–H and O–H groups in total. The molecule has 0 radical (unpaired) electrons. The highest BCUT2D eigenvalue weighted by Crippen LogP contribution is 2.25. The van der Waals surface area contributed by atoms with Crippen LogP contribution in [0.25, 0.3) is 0 Å². The first-order chi connectivity index (χ1) is 9.22. The Morgan fingerprint density at radius 2 is 2.53 bits per heavy atom. The predicted octanol–water partition coefficient (Wildman–Crippen LogP) is 1.25. The van der Waals surface area contributed by atoms with E-state index in [1.807, 2.05) is 0 Å². The van der Waals surface area contributed by atoms with Gasteiger partial charge in [0.05, 0.1) is 17.9 Å². The molecule has 0 aromatic carbocycles. The van der Waals surface area contributed by atoms with Crippen LogP contribution in [-0.2, 0) is 0 Å². The molecule has 3 rings (SSSR count). The van der Waals surface area contributed by atoms with Gasteiger partial charge in [0.25, 0.3) is 0 Å². The first-order valence-corrected chi connectivity index (χ1v) is 6.59. The van der Waals surface area contributed by atoms with Gasteiger partial charge >= 0.3 is 6.03 Å². The van der Waals surface area contributed by atoms with Crippen LogP contribution in [-0.4, -0.2) is 42.9 Å². The summed E-state index contributed by atoms with van der Waals surface area (Å²) in [7, 11) is 0. The van der Waals surface area contributed by atoms with E-state index in [-0.39, 0.29) is 11.9 Å². The number of anilines is 1. The van der Waals surface area contributed by atoms with E-state index >= 15 is 0 Å². The molecular weight excluding hydrogens is 268 g/mol. The van der Waals surface area contributed by atoms with Crippen molar-refractivity contribution < 1.29 is 9.32 Å². The van der Waals surface area contributed by atoms with Gasteiger partial charge in [-0.15, -0.1) is 0 Å². The van der Waals surface area contributed by atoms with Gasteiger partial charge in [-0.3, -0.25) is 5.32 Å². The average Bonchev–Trinajstić information content (AvgIpc) is 3.07. The van der Waals surface area contributed by atoms with E-state index in [1.54, 1.807) is 11.8 Å². The minimum absolute atomic E-state index is 0.136. The molecule has 2 aromatic heterocycles. The predicted molar refractivity (Wildman–Crippen MR) is 66.9 cm³/mol. The molecule has 2 aromatic rings. The lowest BCUT2D eigenvalue weighted by Gasteiger charge is -2.15. The third-order valence-corrected chi connectivity index (χ3v) is 3.46. The van der Waals surface area contributed by atoms with Crippen LogP contribution in [0.1, 0.15) is 24.1 Å². The van der Waals surface area contributed by atoms with Gasteiger partial charge in [0.2, 0.25) is 5.89 Å². The number of likely N-dealkylation sites (tertiary alicyclic amines) is 1. The second-order valence-corrected chi connectivity index (χ2v) is 4.88. The standard InChI is InChI=1S/C10H12N6O2S/c1-6-12-9(14-18-6)7-2-3-16(5-7)10(17)13-8-4-11-19-15-8/h4,7H,2-3,5H2,1H3,(H,13,15,17). The Kier molecular flexibility index (Phi) is 3.11. The van der Waals surface area contributed by atoms with Crippen molar-refractivity contribution in [2.45, 2.75) is 19.3 Å². The summed E-state index contributed by atoms with van der Waals surface area (Å²) in [6.07, 6.45) is 2.36. The summed E-state index contributed by atoms with van der Waals surface area (Å²) in [5, 5.41) is 6.60. The summed E-state index contributed by atoms with van der Waals surface area (Å²) >= 11 is 1.06. The van der Waals surface area contributed by atoms with Crippen LogP contribution in [0.4, 0.5) is 10.6 Å². The molecule has 1 fully saturated rings. The third-order valence-electron chi connectivity index (χ3n) is 2.98. The van der Waals surface area contributed by atoms with Crippen molar-refractivity contribution in [3.05, 3.63) is 17.9 Å². The minimum atomic E-state index is -0.171. The summed E-state index contributed by atoms with van der Waals surface area (Å²) in [6, 6.07) is -0.171. The van der Waals surface area contributed by atoms with Crippen LogP contribution in [0.2, 0.25) is 0 Å². The quantitative estimate of drug-likeness (QED) is 0.889. The second-order valence-electron chi connectivity index (χ2n) is 4.33. The number of urea groups is 1. The molecule has 3 heterocycles. The summed E-state index contributed by atoms with van der Waals surface area (Å²) < 4.78 is 12.7. The summed E-state index contributed by atoms with van der Waals surface area (Å²) in [6.45, 7) is 3.01. The highest BCUT2D eigenvalue weighted by molar-refractivity contribution is 6.99. The lowest BCUT2D eigenvalue weighted by atomic mass is 10.1. The Morgan fingerprint density at radius 1 is 1.63 bits per heavy atom. The van der Waals surface area contributed by atoms with Crippen molar-refractivity contribution in [2.75, 3.05) is 18.4 Å². The monoisotopic (exact) mass is 280 g/mol. The number of carbonyl (C=O) groups is 1. The fraction of sp³-hybridized carbons (Fsp3) is 0.500. The molecule has 1 saturated heterocycles. The second kappa shape index (κ2) is 4.92. The zero-order valence-electron chi connectivity index (χ0n) is 10.2. The van der Waals surface area contributed by atoms with E-state index in [2.05, 4.69) is 24.2 Å². The van der Waals surface area contributed by atoms with E-state index in [0.29, 0.717) is 30.6 Å². The van der Waals surface area contributed by atoms with Crippen molar-refractivity contribution in [3.8, 4) is 0 Å². The molecule has 0 aliphatic carbocycles. The SMILES string of the molecule is Cc1nc(C2CCN(C(=O)Nc3cnsn3)C2)no1. The Morgan fingerprint density at radius 3 is 3.21 bits per heavy atom. The number of amides is 2. The van der Waals surface area contributed by atoms with Gasteiger partial charge in [-0.1, -0.05) is 5.16 Å². The smallest absolute Gasteiger partial charge is 0.323 e. The molecule has 0 saturated carbocycles. The topological polar surface area (TPSA) is 97.0 Å². The van der Waals surface area contributed by atoms with Crippen LogP contribution >= 0.6 is 11.7 Å². The molecule has 0 spiro atoms. The largest absolute Gasteiger partial charge is 0.340 e. The Hall–Kier alpha value is -2.03. The van der Waals surface area contributed by atoms with Crippen LogP contribution in [0.15, 0.2) is 10.7 Å². The van der Waals surface area contributed by atoms with Crippen molar-refractivity contribution in [1.82, 2.24) is 23.8 Å². The molecule has 19 heavy (non-hydrogen) atoms. The van der Waals surface area contributed by atoms with Crippen molar-refractivity contribution in [1.29, 1.82) is 0 Å². The Bertz CT molecular complexity index is 568. The van der Waals surface area contributed by atoms with Crippen molar-refractivity contribution >= 4 is 23.6 Å². The van der Waals surface area contributed by atoms with Gasteiger partial charge in [0, 0.05) is 25.9 Å². The summed E-state index contributed by atoms with van der Waals surface area (Å²) in [4.78, 5) is 17.9. The zero-order chi connectivity index (χ0) is 13.2. The number of rotatable bonds is 2. The Labute approximate surface area is 113 Å². The van der Waals surface area contributed by atoms with Gasteiger partial charge < -0.3 is 9.42 Å². The molecule has 100 valence electrons. The van der Waals surface area contributed by atoms with Gasteiger partial charge in [-0.2, -0.15) is 13.7 Å². The lowest BCUT2D eigenvalue weighted by Crippen LogP contribution is -2.32.